The smallest absolute Gasteiger partial charge is 0.303 e. The first kappa shape index (κ1) is 19.0. The fraction of sp³-hybridized carbons (Fsp3) is 0.500. The minimum absolute atomic E-state index is 0.00630. The van der Waals surface area contributed by atoms with E-state index in [1.165, 1.54) is 5.56 Å². The average Bonchev–Trinajstić information content (AvgIpc) is 2.96. The largest absolute Gasteiger partial charge is 0.481 e. The highest BCUT2D eigenvalue weighted by Gasteiger charge is 2.12. The zero-order valence-corrected chi connectivity index (χ0v) is 15.1. The topological polar surface area (TPSA) is 79.5 Å². The summed E-state index contributed by atoms with van der Waals surface area (Å²) in [5, 5.41) is 12.5. The number of hydrogen-bond donors (Lipinski definition) is 2. The van der Waals surface area contributed by atoms with Crippen LogP contribution in [-0.2, 0) is 16.0 Å². The van der Waals surface area contributed by atoms with E-state index in [1.807, 2.05) is 19.9 Å². The minimum atomic E-state index is -0.732. The number of amides is 1. The van der Waals surface area contributed by atoms with Crippen LogP contribution in [0.4, 0.5) is 0 Å². The molecule has 0 atom stereocenters. The van der Waals surface area contributed by atoms with E-state index in [-0.39, 0.29) is 12.3 Å². The zero-order chi connectivity index (χ0) is 18.2. The second kappa shape index (κ2) is 9.25. The van der Waals surface area contributed by atoms with E-state index in [0.29, 0.717) is 13.0 Å². The van der Waals surface area contributed by atoms with Gasteiger partial charge >= 0.3 is 5.97 Å². The number of benzene rings is 1. The highest BCUT2D eigenvalue weighted by atomic mass is 16.4. The van der Waals surface area contributed by atoms with Crippen molar-refractivity contribution >= 4 is 22.8 Å². The third-order valence-corrected chi connectivity index (χ3v) is 4.58. The quantitative estimate of drug-likeness (QED) is 0.634. The molecule has 0 aliphatic rings. The molecular formula is C20H27NO4. The van der Waals surface area contributed by atoms with Crippen molar-refractivity contribution in [2.75, 3.05) is 6.54 Å². The Bertz CT molecular complexity index is 733. The third kappa shape index (κ3) is 5.62. The molecule has 2 N–H and O–H groups in total. The number of unbranched alkanes of at least 4 members (excludes halogenated alkanes) is 4. The molecule has 2 rings (SSSR count). The molecular weight excluding hydrogens is 318 g/mol. The molecule has 0 radical (unpaired) electrons. The Balaban J connectivity index is 1.69. The maximum atomic E-state index is 12.1. The first-order valence-corrected chi connectivity index (χ1v) is 8.94. The Morgan fingerprint density at radius 2 is 1.80 bits per heavy atom. The van der Waals surface area contributed by atoms with Crippen LogP contribution in [0.5, 0.6) is 0 Å². The van der Waals surface area contributed by atoms with Crippen molar-refractivity contribution in [3.63, 3.8) is 0 Å². The summed E-state index contributed by atoms with van der Waals surface area (Å²) >= 11 is 0. The maximum absolute atomic E-state index is 12.1. The number of aryl methyl sites for hydroxylation is 2. The molecule has 1 aromatic heterocycles. The van der Waals surface area contributed by atoms with Gasteiger partial charge in [-0.3, -0.25) is 9.59 Å². The molecule has 0 saturated carbocycles. The summed E-state index contributed by atoms with van der Waals surface area (Å²) in [5.74, 6) is -0.726. The number of furan rings is 1. The summed E-state index contributed by atoms with van der Waals surface area (Å²) < 4.78 is 5.64. The molecule has 0 aliphatic heterocycles. The van der Waals surface area contributed by atoms with Crippen molar-refractivity contribution in [2.24, 2.45) is 0 Å². The summed E-state index contributed by atoms with van der Waals surface area (Å²) in [5.41, 5.74) is 4.08. The van der Waals surface area contributed by atoms with Crippen LogP contribution in [-0.4, -0.2) is 23.5 Å². The fourth-order valence-corrected chi connectivity index (χ4v) is 2.92. The molecule has 0 unspecified atom stereocenters. The fourth-order valence-electron chi connectivity index (χ4n) is 2.92. The number of hydrogen-bond acceptors (Lipinski definition) is 3. The van der Waals surface area contributed by atoms with Crippen LogP contribution in [0, 0.1) is 13.8 Å². The lowest BCUT2D eigenvalue weighted by molar-refractivity contribution is -0.137. The number of rotatable bonds is 10. The molecule has 1 heterocycles. The van der Waals surface area contributed by atoms with Gasteiger partial charge in [-0.2, -0.15) is 0 Å². The molecule has 1 aromatic carbocycles. The lowest BCUT2D eigenvalue weighted by atomic mass is 10.0. The van der Waals surface area contributed by atoms with Crippen LogP contribution in [0.2, 0.25) is 0 Å². The second-order valence-corrected chi connectivity index (χ2v) is 6.58. The van der Waals surface area contributed by atoms with Crippen molar-refractivity contribution in [1.29, 1.82) is 0 Å². The number of aliphatic carboxylic acids is 1. The van der Waals surface area contributed by atoms with Crippen LogP contribution in [0.1, 0.15) is 55.2 Å². The molecule has 0 saturated heterocycles. The number of fused-ring (bicyclic) bond motifs is 1. The molecule has 0 fully saturated rings. The number of carbonyl (C=O) groups excluding carboxylic acids is 1. The summed E-state index contributed by atoms with van der Waals surface area (Å²) in [6.07, 6.45) is 6.85. The summed E-state index contributed by atoms with van der Waals surface area (Å²) in [6.45, 7) is 4.73. The van der Waals surface area contributed by atoms with Gasteiger partial charge in [0.2, 0.25) is 5.91 Å². The van der Waals surface area contributed by atoms with Gasteiger partial charge in [0, 0.05) is 23.9 Å². The number of carboxylic acids is 1. The Morgan fingerprint density at radius 3 is 2.56 bits per heavy atom. The predicted molar refractivity (Wildman–Crippen MR) is 97.7 cm³/mol. The Hall–Kier alpha value is -2.30. The van der Waals surface area contributed by atoms with E-state index in [0.717, 1.165) is 54.2 Å². The van der Waals surface area contributed by atoms with Gasteiger partial charge in [-0.25, -0.2) is 0 Å². The van der Waals surface area contributed by atoms with Gasteiger partial charge in [0.1, 0.15) is 5.58 Å². The summed E-state index contributed by atoms with van der Waals surface area (Å²) in [6, 6.07) is 4.07. The van der Waals surface area contributed by atoms with E-state index >= 15 is 0 Å². The van der Waals surface area contributed by atoms with Gasteiger partial charge in [-0.05, 0) is 37.8 Å². The maximum Gasteiger partial charge on any atom is 0.303 e. The van der Waals surface area contributed by atoms with Gasteiger partial charge in [0.05, 0.1) is 12.7 Å². The first-order chi connectivity index (χ1) is 12.0. The van der Waals surface area contributed by atoms with Crippen molar-refractivity contribution in [2.45, 2.75) is 58.8 Å². The molecule has 5 nitrogen and oxygen atoms in total. The van der Waals surface area contributed by atoms with Gasteiger partial charge in [-0.15, -0.1) is 0 Å². The molecule has 0 spiro atoms. The lowest BCUT2D eigenvalue weighted by Crippen LogP contribution is -2.25. The average molecular weight is 345 g/mol. The normalized spacial score (nSPS) is 11.0. The van der Waals surface area contributed by atoms with Crippen molar-refractivity contribution < 1.29 is 19.1 Å². The zero-order valence-electron chi connectivity index (χ0n) is 15.1. The SMILES string of the molecule is Cc1ccc2c(CC(=O)NCCCCCCCC(=O)O)coc2c1C. The number of nitrogens with one attached hydrogen (secondary N) is 1. The molecule has 0 aliphatic carbocycles. The summed E-state index contributed by atoms with van der Waals surface area (Å²) in [7, 11) is 0. The Labute approximate surface area is 148 Å². The molecule has 5 heteroatoms. The van der Waals surface area contributed by atoms with Crippen LogP contribution in [0.25, 0.3) is 11.0 Å². The lowest BCUT2D eigenvalue weighted by Gasteiger charge is -2.05. The third-order valence-electron chi connectivity index (χ3n) is 4.58. The van der Waals surface area contributed by atoms with Crippen LogP contribution in [0.3, 0.4) is 0 Å². The van der Waals surface area contributed by atoms with Gasteiger partial charge in [0.15, 0.2) is 0 Å². The molecule has 136 valence electrons. The molecule has 2 aromatic rings. The molecule has 1 amide bonds. The second-order valence-electron chi connectivity index (χ2n) is 6.58. The van der Waals surface area contributed by atoms with Gasteiger partial charge in [-0.1, -0.05) is 31.4 Å². The highest BCUT2D eigenvalue weighted by molar-refractivity contribution is 5.89. The standard InChI is InChI=1S/C20H27NO4/c1-14-9-10-17-16(13-25-20(17)15(14)2)12-18(22)21-11-7-5-3-4-6-8-19(23)24/h9-10,13H,3-8,11-12H2,1-2H3,(H,21,22)(H,23,24). The Morgan fingerprint density at radius 1 is 1.08 bits per heavy atom. The first-order valence-electron chi connectivity index (χ1n) is 8.94. The van der Waals surface area contributed by atoms with E-state index < -0.39 is 5.97 Å². The molecule has 25 heavy (non-hydrogen) atoms. The van der Waals surface area contributed by atoms with Crippen molar-refractivity contribution in [3.8, 4) is 0 Å². The van der Waals surface area contributed by atoms with E-state index in [1.54, 1.807) is 6.26 Å². The van der Waals surface area contributed by atoms with Gasteiger partial charge < -0.3 is 14.8 Å². The van der Waals surface area contributed by atoms with Crippen molar-refractivity contribution in [3.05, 3.63) is 35.1 Å². The van der Waals surface area contributed by atoms with E-state index in [4.69, 9.17) is 9.52 Å². The number of carbonyl (C=O) groups is 2. The summed E-state index contributed by atoms with van der Waals surface area (Å²) in [4.78, 5) is 22.5. The Kier molecular flexibility index (Phi) is 7.04. The highest BCUT2D eigenvalue weighted by Crippen LogP contribution is 2.26. The van der Waals surface area contributed by atoms with Crippen molar-refractivity contribution in [1.82, 2.24) is 5.32 Å². The van der Waals surface area contributed by atoms with Crippen LogP contribution >= 0.6 is 0 Å². The minimum Gasteiger partial charge on any atom is -0.481 e. The number of carboxylic acid groups (broad SMARTS) is 1. The molecule has 0 bridgehead atoms. The van der Waals surface area contributed by atoms with Crippen LogP contribution < -0.4 is 5.32 Å². The van der Waals surface area contributed by atoms with E-state index in [9.17, 15) is 9.59 Å². The van der Waals surface area contributed by atoms with Gasteiger partial charge in [0.25, 0.3) is 0 Å². The van der Waals surface area contributed by atoms with E-state index in [2.05, 4.69) is 11.4 Å². The van der Waals surface area contributed by atoms with Crippen LogP contribution in [0.15, 0.2) is 22.8 Å². The predicted octanol–water partition coefficient (Wildman–Crippen LogP) is 4.13. The monoisotopic (exact) mass is 345 g/mol.